The summed E-state index contributed by atoms with van der Waals surface area (Å²) in [5, 5.41) is 23.6. The predicted octanol–water partition coefficient (Wildman–Crippen LogP) is 2.08. The number of nitro groups is 1. The van der Waals surface area contributed by atoms with Crippen LogP contribution in [0.15, 0.2) is 18.2 Å². The summed E-state index contributed by atoms with van der Waals surface area (Å²) in [5.74, 6) is 0. The molecule has 8 heteroatoms. The van der Waals surface area contributed by atoms with Gasteiger partial charge in [0, 0.05) is 17.5 Å². The molecule has 2 aromatic rings. The normalized spacial score (nSPS) is 10.6. The molecule has 0 bridgehead atoms. The molecule has 0 aliphatic heterocycles. The van der Waals surface area contributed by atoms with Crippen LogP contribution in [-0.4, -0.2) is 25.9 Å². The third kappa shape index (κ3) is 1.60. The molecule has 7 nitrogen and oxygen atoms in total. The van der Waals surface area contributed by atoms with Gasteiger partial charge >= 0.3 is 6.09 Å². The van der Waals surface area contributed by atoms with Gasteiger partial charge in [-0.3, -0.25) is 10.1 Å². The highest BCUT2D eigenvalue weighted by atomic mass is 127. The lowest BCUT2D eigenvalue weighted by Gasteiger charge is -1.94. The molecule has 0 aliphatic rings. The van der Waals surface area contributed by atoms with Crippen LogP contribution in [0, 0.1) is 13.8 Å². The van der Waals surface area contributed by atoms with Crippen molar-refractivity contribution in [1.82, 2.24) is 9.78 Å². The third-order valence-corrected chi connectivity index (χ3v) is 2.81. The van der Waals surface area contributed by atoms with Crippen LogP contribution in [0.3, 0.4) is 0 Å². The van der Waals surface area contributed by atoms with Crippen LogP contribution in [0.5, 0.6) is 0 Å². The van der Waals surface area contributed by atoms with Gasteiger partial charge in [-0.1, -0.05) is 0 Å². The van der Waals surface area contributed by atoms with E-state index in [4.69, 9.17) is 5.11 Å². The number of fused-ring (bicyclic) bond motifs is 1. The zero-order valence-corrected chi connectivity index (χ0v) is 9.78. The van der Waals surface area contributed by atoms with E-state index in [0.717, 1.165) is 4.68 Å². The quantitative estimate of drug-likeness (QED) is 0.489. The molecule has 1 heterocycles. The highest BCUT2D eigenvalue weighted by Crippen LogP contribution is 2.24. The van der Waals surface area contributed by atoms with E-state index < -0.39 is 11.0 Å². The van der Waals surface area contributed by atoms with Crippen molar-refractivity contribution in [3.63, 3.8) is 0 Å². The Morgan fingerprint density at radius 3 is 2.81 bits per heavy atom. The SMILES string of the molecule is O=C(O)n1nc(I)c2cc([N+](=O)[O-])ccc21. The molecule has 1 aromatic carbocycles. The second kappa shape index (κ2) is 3.70. The van der Waals surface area contributed by atoms with Gasteiger partial charge in [-0.2, -0.15) is 9.78 Å². The molecule has 1 aromatic heterocycles. The van der Waals surface area contributed by atoms with Crippen molar-refractivity contribution < 1.29 is 14.8 Å². The van der Waals surface area contributed by atoms with E-state index in [1.54, 1.807) is 0 Å². The summed E-state index contributed by atoms with van der Waals surface area (Å²) in [7, 11) is 0. The van der Waals surface area contributed by atoms with Gasteiger partial charge in [0.25, 0.3) is 5.69 Å². The zero-order valence-electron chi connectivity index (χ0n) is 7.62. The molecule has 0 unspecified atom stereocenters. The van der Waals surface area contributed by atoms with Gasteiger partial charge in [0.15, 0.2) is 0 Å². The van der Waals surface area contributed by atoms with Crippen LogP contribution in [0.4, 0.5) is 10.5 Å². The minimum absolute atomic E-state index is 0.0876. The minimum Gasteiger partial charge on any atom is -0.463 e. The fraction of sp³-hybridized carbons (Fsp3) is 0. The first-order valence-electron chi connectivity index (χ1n) is 4.06. The Hall–Kier alpha value is -1.71. The molecule has 2 rings (SSSR count). The molecule has 82 valence electrons. The van der Waals surface area contributed by atoms with Gasteiger partial charge in [0.05, 0.1) is 10.4 Å². The summed E-state index contributed by atoms with van der Waals surface area (Å²) < 4.78 is 1.21. The number of benzene rings is 1. The topological polar surface area (TPSA) is 98.3 Å². The number of rotatable bonds is 1. The van der Waals surface area contributed by atoms with Crippen LogP contribution < -0.4 is 0 Å². The molecule has 0 atom stereocenters. The molecule has 16 heavy (non-hydrogen) atoms. The number of halogens is 1. The van der Waals surface area contributed by atoms with Gasteiger partial charge in [-0.25, -0.2) is 4.79 Å². The third-order valence-electron chi connectivity index (χ3n) is 2.01. The number of nitro benzene ring substituents is 1. The highest BCUT2D eigenvalue weighted by Gasteiger charge is 2.16. The van der Waals surface area contributed by atoms with Crippen molar-refractivity contribution in [1.29, 1.82) is 0 Å². The summed E-state index contributed by atoms with van der Waals surface area (Å²) in [5.41, 5.74) is 0.248. The Morgan fingerprint density at radius 2 is 2.25 bits per heavy atom. The Kier molecular flexibility index (Phi) is 2.50. The number of aromatic nitrogens is 2. The maximum absolute atomic E-state index is 10.8. The summed E-state index contributed by atoms with van der Waals surface area (Å²) in [4.78, 5) is 20.8. The van der Waals surface area contributed by atoms with E-state index in [1.807, 2.05) is 22.6 Å². The average Bonchev–Trinajstić information content (AvgIpc) is 2.56. The largest absolute Gasteiger partial charge is 0.463 e. The minimum atomic E-state index is -1.22. The smallest absolute Gasteiger partial charge is 0.432 e. The van der Waals surface area contributed by atoms with E-state index in [1.165, 1.54) is 18.2 Å². The molecule has 0 amide bonds. The number of carbonyl (C=O) groups is 1. The monoisotopic (exact) mass is 333 g/mol. The van der Waals surface area contributed by atoms with Crippen molar-refractivity contribution in [2.24, 2.45) is 0 Å². The van der Waals surface area contributed by atoms with Gasteiger partial charge in [-0.05, 0) is 28.7 Å². The predicted molar refractivity (Wildman–Crippen MR) is 62.5 cm³/mol. The van der Waals surface area contributed by atoms with Crippen LogP contribution in [0.25, 0.3) is 10.9 Å². The molecule has 0 saturated carbocycles. The molecule has 0 radical (unpaired) electrons. The first-order valence-corrected chi connectivity index (χ1v) is 5.14. The van der Waals surface area contributed by atoms with E-state index in [0.29, 0.717) is 14.6 Å². The molecular weight excluding hydrogens is 329 g/mol. The lowest BCUT2D eigenvalue weighted by Crippen LogP contribution is -2.09. The van der Waals surface area contributed by atoms with Gasteiger partial charge in [-0.15, -0.1) is 0 Å². The van der Waals surface area contributed by atoms with Crippen LogP contribution in [-0.2, 0) is 0 Å². The van der Waals surface area contributed by atoms with Crippen LogP contribution in [0.1, 0.15) is 0 Å². The number of nitrogens with zero attached hydrogens (tertiary/aromatic N) is 3. The van der Waals surface area contributed by atoms with E-state index in [-0.39, 0.29) is 5.69 Å². The fourth-order valence-corrected chi connectivity index (χ4v) is 1.98. The van der Waals surface area contributed by atoms with Crippen molar-refractivity contribution in [3.8, 4) is 0 Å². The first kappa shape index (κ1) is 10.8. The van der Waals surface area contributed by atoms with Crippen LogP contribution >= 0.6 is 22.6 Å². The van der Waals surface area contributed by atoms with E-state index in [2.05, 4.69) is 5.10 Å². The Morgan fingerprint density at radius 1 is 1.56 bits per heavy atom. The standard InChI is InChI=1S/C8H4IN3O4/c9-7-5-3-4(12(15)16)1-2-6(5)11(10-7)8(13)14/h1-3H,(H,13,14). The molecule has 0 aliphatic carbocycles. The molecule has 0 fully saturated rings. The summed E-state index contributed by atoms with van der Waals surface area (Å²) in [6, 6.07) is 3.93. The Labute approximate surface area is 102 Å². The number of hydrogen-bond acceptors (Lipinski definition) is 4. The fourth-order valence-electron chi connectivity index (χ4n) is 1.33. The van der Waals surface area contributed by atoms with Gasteiger partial charge in [0.2, 0.25) is 0 Å². The zero-order chi connectivity index (χ0) is 11.9. The van der Waals surface area contributed by atoms with Gasteiger partial charge < -0.3 is 5.11 Å². The number of hydrogen-bond donors (Lipinski definition) is 1. The van der Waals surface area contributed by atoms with Crippen molar-refractivity contribution in [3.05, 3.63) is 32.0 Å². The average molecular weight is 333 g/mol. The first-order chi connectivity index (χ1) is 7.50. The molecule has 0 spiro atoms. The lowest BCUT2D eigenvalue weighted by atomic mass is 10.2. The number of carboxylic acid groups (broad SMARTS) is 1. The second-order valence-corrected chi connectivity index (χ2v) is 3.97. The highest BCUT2D eigenvalue weighted by molar-refractivity contribution is 14.1. The molecule has 1 N–H and O–H groups in total. The Balaban J connectivity index is 2.76. The summed E-state index contributed by atoms with van der Waals surface area (Å²) in [6.45, 7) is 0. The second-order valence-electron chi connectivity index (χ2n) is 2.94. The van der Waals surface area contributed by atoms with Gasteiger partial charge in [0.1, 0.15) is 3.70 Å². The lowest BCUT2D eigenvalue weighted by molar-refractivity contribution is -0.384. The number of non-ortho nitro benzene ring substituents is 1. The Bertz CT molecular complexity index is 607. The summed E-state index contributed by atoms with van der Waals surface area (Å²) in [6.07, 6.45) is -1.22. The summed E-state index contributed by atoms with van der Waals surface area (Å²) >= 11 is 1.83. The maximum Gasteiger partial charge on any atom is 0.432 e. The maximum atomic E-state index is 10.8. The van der Waals surface area contributed by atoms with Crippen LogP contribution in [0.2, 0.25) is 0 Å². The molecule has 0 saturated heterocycles. The van der Waals surface area contributed by atoms with E-state index in [9.17, 15) is 14.9 Å². The van der Waals surface area contributed by atoms with Crippen molar-refractivity contribution >= 4 is 45.3 Å². The van der Waals surface area contributed by atoms with Crippen molar-refractivity contribution in [2.45, 2.75) is 0 Å². The van der Waals surface area contributed by atoms with E-state index >= 15 is 0 Å². The molecular formula is C8H4IN3O4. The van der Waals surface area contributed by atoms with Crippen molar-refractivity contribution in [2.75, 3.05) is 0 Å².